The van der Waals surface area contributed by atoms with Crippen LogP contribution in [0.15, 0.2) is 47.8 Å². The molecule has 0 radical (unpaired) electrons. The van der Waals surface area contributed by atoms with E-state index in [0.717, 1.165) is 5.56 Å². The molecular weight excluding hydrogens is 438 g/mol. The van der Waals surface area contributed by atoms with Crippen LogP contribution in [-0.4, -0.2) is 40.1 Å². The van der Waals surface area contributed by atoms with Gasteiger partial charge in [0.05, 0.1) is 31.3 Å². The van der Waals surface area contributed by atoms with Gasteiger partial charge in [0, 0.05) is 22.0 Å². The summed E-state index contributed by atoms with van der Waals surface area (Å²) >= 11 is 7.34. The predicted molar refractivity (Wildman–Crippen MR) is 120 cm³/mol. The van der Waals surface area contributed by atoms with Gasteiger partial charge in [0.1, 0.15) is 11.5 Å². The topological polar surface area (TPSA) is 91.2 Å². The molecule has 10 heteroatoms. The molecule has 8 nitrogen and oxygen atoms in total. The van der Waals surface area contributed by atoms with Crippen molar-refractivity contribution in [2.24, 2.45) is 0 Å². The van der Waals surface area contributed by atoms with Gasteiger partial charge in [0.2, 0.25) is 0 Å². The molecule has 1 N–H and O–H groups in total. The number of carbonyl (C=O) groups is 1. The fourth-order valence-corrected chi connectivity index (χ4v) is 3.82. The van der Waals surface area contributed by atoms with Gasteiger partial charge < -0.3 is 9.47 Å². The standard InChI is InChI=1S/C21H18ClN5O3S/c1-12-19(26-27(25-12)14-6-4-5-13(22)9-14)20(28)24-21-23-17(11-31-21)16-8-7-15(29-2)10-18(16)30-3/h4-11H,1-3H3,(H,23,24,28). The Bertz CT molecular complexity index is 1250. The van der Waals surface area contributed by atoms with E-state index in [1.54, 1.807) is 45.4 Å². The van der Waals surface area contributed by atoms with Crippen LogP contribution in [0.5, 0.6) is 11.5 Å². The lowest BCUT2D eigenvalue weighted by Crippen LogP contribution is -2.14. The Kier molecular flexibility index (Phi) is 5.88. The summed E-state index contributed by atoms with van der Waals surface area (Å²) in [5.74, 6) is 0.916. The molecule has 0 aliphatic heterocycles. The second-order valence-electron chi connectivity index (χ2n) is 6.46. The molecule has 0 aliphatic rings. The molecule has 2 aromatic carbocycles. The SMILES string of the molecule is COc1ccc(-c2csc(NC(=O)c3nn(-c4cccc(Cl)c4)nc3C)n2)c(OC)c1. The third kappa shape index (κ3) is 4.37. The summed E-state index contributed by atoms with van der Waals surface area (Å²) in [4.78, 5) is 18.7. The number of thiazole rings is 1. The van der Waals surface area contributed by atoms with Crippen LogP contribution in [0.1, 0.15) is 16.2 Å². The van der Waals surface area contributed by atoms with Gasteiger partial charge in [-0.05, 0) is 37.3 Å². The molecule has 1 amide bonds. The lowest BCUT2D eigenvalue weighted by Gasteiger charge is -2.08. The van der Waals surface area contributed by atoms with Crippen LogP contribution in [0, 0.1) is 6.92 Å². The molecular formula is C21H18ClN5O3S. The fourth-order valence-electron chi connectivity index (χ4n) is 2.93. The zero-order valence-electron chi connectivity index (χ0n) is 16.9. The van der Waals surface area contributed by atoms with Gasteiger partial charge in [-0.15, -0.1) is 16.4 Å². The minimum atomic E-state index is -0.395. The van der Waals surface area contributed by atoms with Gasteiger partial charge in [-0.3, -0.25) is 10.1 Å². The number of halogens is 1. The van der Waals surface area contributed by atoms with Gasteiger partial charge >= 0.3 is 0 Å². The Morgan fingerprint density at radius 3 is 2.71 bits per heavy atom. The Morgan fingerprint density at radius 2 is 1.97 bits per heavy atom. The summed E-state index contributed by atoms with van der Waals surface area (Å²) in [6.07, 6.45) is 0. The molecule has 2 aromatic heterocycles. The Hall–Kier alpha value is -3.43. The monoisotopic (exact) mass is 455 g/mol. The number of nitrogens with zero attached hydrogens (tertiary/aromatic N) is 4. The normalized spacial score (nSPS) is 10.7. The van der Waals surface area contributed by atoms with Crippen molar-refractivity contribution in [3.63, 3.8) is 0 Å². The molecule has 4 rings (SSSR count). The van der Waals surface area contributed by atoms with Crippen molar-refractivity contribution in [2.75, 3.05) is 19.5 Å². The average Bonchev–Trinajstić information content (AvgIpc) is 3.39. The molecule has 0 saturated carbocycles. The molecule has 0 fully saturated rings. The number of hydrogen-bond donors (Lipinski definition) is 1. The highest BCUT2D eigenvalue weighted by atomic mass is 35.5. The van der Waals surface area contributed by atoms with Crippen LogP contribution >= 0.6 is 22.9 Å². The number of aromatic nitrogens is 4. The summed E-state index contributed by atoms with van der Waals surface area (Å²) in [5, 5.41) is 14.3. The maximum Gasteiger partial charge on any atom is 0.279 e. The predicted octanol–water partition coefficient (Wildman–Crippen LogP) is 4.62. The van der Waals surface area contributed by atoms with E-state index >= 15 is 0 Å². The molecule has 158 valence electrons. The van der Waals surface area contributed by atoms with E-state index in [1.165, 1.54) is 16.1 Å². The van der Waals surface area contributed by atoms with E-state index in [9.17, 15) is 4.79 Å². The second-order valence-corrected chi connectivity index (χ2v) is 7.76. The first-order valence-corrected chi connectivity index (χ1v) is 10.4. The molecule has 0 bridgehead atoms. The first-order valence-electron chi connectivity index (χ1n) is 9.17. The highest BCUT2D eigenvalue weighted by Gasteiger charge is 2.19. The van der Waals surface area contributed by atoms with Crippen molar-refractivity contribution >= 4 is 34.0 Å². The largest absolute Gasteiger partial charge is 0.497 e. The lowest BCUT2D eigenvalue weighted by atomic mass is 10.1. The smallest absolute Gasteiger partial charge is 0.279 e. The summed E-state index contributed by atoms with van der Waals surface area (Å²) in [6.45, 7) is 1.72. The van der Waals surface area contributed by atoms with E-state index in [1.807, 2.05) is 23.6 Å². The number of methoxy groups -OCH3 is 2. The van der Waals surface area contributed by atoms with Crippen LogP contribution in [0.3, 0.4) is 0 Å². The van der Waals surface area contributed by atoms with Crippen molar-refractivity contribution in [1.29, 1.82) is 0 Å². The van der Waals surface area contributed by atoms with Crippen molar-refractivity contribution in [3.8, 4) is 28.4 Å². The van der Waals surface area contributed by atoms with E-state index in [4.69, 9.17) is 21.1 Å². The maximum atomic E-state index is 12.8. The van der Waals surface area contributed by atoms with Crippen molar-refractivity contribution in [2.45, 2.75) is 6.92 Å². The maximum absolute atomic E-state index is 12.8. The number of hydrogen-bond acceptors (Lipinski definition) is 7. The van der Waals surface area contributed by atoms with E-state index in [-0.39, 0.29) is 5.69 Å². The minimum absolute atomic E-state index is 0.207. The molecule has 0 unspecified atom stereocenters. The Balaban J connectivity index is 1.55. The van der Waals surface area contributed by atoms with Crippen LogP contribution < -0.4 is 14.8 Å². The first-order chi connectivity index (χ1) is 15.0. The zero-order chi connectivity index (χ0) is 22.0. The Morgan fingerprint density at radius 1 is 1.13 bits per heavy atom. The third-order valence-electron chi connectivity index (χ3n) is 4.45. The van der Waals surface area contributed by atoms with Crippen LogP contribution in [-0.2, 0) is 0 Å². The number of nitrogens with one attached hydrogen (secondary N) is 1. The van der Waals surface area contributed by atoms with E-state index < -0.39 is 5.91 Å². The van der Waals surface area contributed by atoms with Gasteiger partial charge in [-0.25, -0.2) is 4.98 Å². The summed E-state index contributed by atoms with van der Waals surface area (Å²) in [6, 6.07) is 12.5. The van der Waals surface area contributed by atoms with Gasteiger partial charge in [-0.2, -0.15) is 9.90 Å². The van der Waals surface area contributed by atoms with Gasteiger partial charge in [0.25, 0.3) is 5.91 Å². The van der Waals surface area contributed by atoms with E-state index in [2.05, 4.69) is 20.5 Å². The number of rotatable bonds is 6. The lowest BCUT2D eigenvalue weighted by molar-refractivity contribution is 0.102. The van der Waals surface area contributed by atoms with Gasteiger partial charge in [0.15, 0.2) is 10.8 Å². The van der Waals surface area contributed by atoms with Crippen LogP contribution in [0.4, 0.5) is 5.13 Å². The second kappa shape index (κ2) is 8.75. The van der Waals surface area contributed by atoms with Crippen molar-refractivity contribution in [1.82, 2.24) is 20.0 Å². The fraction of sp³-hybridized carbons (Fsp3) is 0.143. The van der Waals surface area contributed by atoms with Crippen molar-refractivity contribution < 1.29 is 14.3 Å². The molecule has 0 spiro atoms. The molecule has 2 heterocycles. The van der Waals surface area contributed by atoms with Crippen molar-refractivity contribution in [3.05, 3.63) is 64.3 Å². The zero-order valence-corrected chi connectivity index (χ0v) is 18.5. The highest BCUT2D eigenvalue weighted by Crippen LogP contribution is 2.35. The minimum Gasteiger partial charge on any atom is -0.497 e. The van der Waals surface area contributed by atoms with Crippen LogP contribution in [0.2, 0.25) is 5.02 Å². The number of anilines is 1. The summed E-state index contributed by atoms with van der Waals surface area (Å²) in [7, 11) is 3.18. The summed E-state index contributed by atoms with van der Waals surface area (Å²) < 4.78 is 10.7. The average molecular weight is 456 g/mol. The number of benzene rings is 2. The Labute approximate surface area is 187 Å². The summed E-state index contributed by atoms with van der Waals surface area (Å²) in [5.41, 5.74) is 2.84. The molecule has 0 atom stereocenters. The molecule has 0 aliphatic carbocycles. The highest BCUT2D eigenvalue weighted by molar-refractivity contribution is 7.14. The van der Waals surface area contributed by atoms with Gasteiger partial charge in [-0.1, -0.05) is 17.7 Å². The number of ether oxygens (including phenoxy) is 2. The molecule has 4 aromatic rings. The third-order valence-corrected chi connectivity index (χ3v) is 5.44. The quantitative estimate of drug-likeness (QED) is 0.456. The number of aryl methyl sites for hydroxylation is 1. The van der Waals surface area contributed by atoms with Crippen LogP contribution in [0.25, 0.3) is 16.9 Å². The van der Waals surface area contributed by atoms with E-state index in [0.29, 0.717) is 38.7 Å². The molecule has 31 heavy (non-hydrogen) atoms. The number of amides is 1. The number of carbonyl (C=O) groups excluding carboxylic acids is 1. The first kappa shape index (κ1) is 20.8. The molecule has 0 saturated heterocycles.